The smallest absolute Gasteiger partial charge is 0.341 e. The van der Waals surface area contributed by atoms with Crippen molar-refractivity contribution in [1.29, 1.82) is 0 Å². The number of anilines is 1. The van der Waals surface area contributed by atoms with Crippen molar-refractivity contribution in [2.75, 3.05) is 5.32 Å². The molecule has 3 aromatic rings. The SMILES string of the molecule is CCc1ccc(-n2cc(C(=O)O)c(=O)c3cc(F)c(NC4CCCC4)c(Cl)c32)nc1. The van der Waals surface area contributed by atoms with Crippen LogP contribution < -0.4 is 10.7 Å². The lowest BCUT2D eigenvalue weighted by Gasteiger charge is -2.19. The molecule has 30 heavy (non-hydrogen) atoms. The summed E-state index contributed by atoms with van der Waals surface area (Å²) in [5.41, 5.74) is 0.0917. The zero-order valence-electron chi connectivity index (χ0n) is 16.4. The largest absolute Gasteiger partial charge is 0.477 e. The van der Waals surface area contributed by atoms with Gasteiger partial charge in [0.25, 0.3) is 0 Å². The highest BCUT2D eigenvalue weighted by Crippen LogP contribution is 2.36. The van der Waals surface area contributed by atoms with Crippen LogP contribution in [0.2, 0.25) is 5.02 Å². The van der Waals surface area contributed by atoms with Crippen molar-refractivity contribution >= 4 is 34.2 Å². The van der Waals surface area contributed by atoms with Gasteiger partial charge in [0, 0.05) is 18.4 Å². The van der Waals surface area contributed by atoms with E-state index in [1.165, 1.54) is 10.8 Å². The van der Waals surface area contributed by atoms with Crippen molar-refractivity contribution in [2.24, 2.45) is 0 Å². The summed E-state index contributed by atoms with van der Waals surface area (Å²) in [7, 11) is 0. The van der Waals surface area contributed by atoms with Crippen molar-refractivity contribution in [2.45, 2.75) is 45.1 Å². The Morgan fingerprint density at radius 2 is 2.10 bits per heavy atom. The van der Waals surface area contributed by atoms with Crippen LogP contribution in [-0.4, -0.2) is 26.7 Å². The molecule has 0 aliphatic heterocycles. The maximum absolute atomic E-state index is 14.9. The number of aryl methyl sites for hydroxylation is 1. The Bertz CT molecular complexity index is 1190. The molecule has 8 heteroatoms. The summed E-state index contributed by atoms with van der Waals surface area (Å²) in [6.07, 6.45) is 7.62. The molecule has 0 amide bonds. The Hall–Kier alpha value is -2.93. The Balaban J connectivity index is 2.00. The van der Waals surface area contributed by atoms with Crippen LogP contribution in [0.4, 0.5) is 10.1 Å². The van der Waals surface area contributed by atoms with E-state index >= 15 is 0 Å². The van der Waals surface area contributed by atoms with Gasteiger partial charge in [-0.2, -0.15) is 0 Å². The average Bonchev–Trinajstić information content (AvgIpc) is 3.25. The molecule has 0 atom stereocenters. The molecule has 156 valence electrons. The molecule has 4 rings (SSSR count). The monoisotopic (exact) mass is 429 g/mol. The van der Waals surface area contributed by atoms with E-state index in [1.54, 1.807) is 12.3 Å². The van der Waals surface area contributed by atoms with E-state index in [4.69, 9.17) is 11.6 Å². The van der Waals surface area contributed by atoms with E-state index in [0.29, 0.717) is 5.82 Å². The minimum absolute atomic E-state index is 0.0345. The molecule has 1 aliphatic carbocycles. The predicted octanol–water partition coefficient (Wildman–Crippen LogP) is 4.79. The van der Waals surface area contributed by atoms with E-state index in [2.05, 4.69) is 10.3 Å². The summed E-state index contributed by atoms with van der Waals surface area (Å²) in [4.78, 5) is 28.8. The molecule has 0 bridgehead atoms. The van der Waals surface area contributed by atoms with Crippen molar-refractivity contribution in [3.8, 4) is 5.82 Å². The first-order valence-electron chi connectivity index (χ1n) is 9.93. The lowest BCUT2D eigenvalue weighted by atomic mass is 10.1. The van der Waals surface area contributed by atoms with Gasteiger partial charge in [-0.15, -0.1) is 0 Å². The zero-order chi connectivity index (χ0) is 21.4. The van der Waals surface area contributed by atoms with Crippen LogP contribution >= 0.6 is 11.6 Å². The molecule has 6 nitrogen and oxygen atoms in total. The lowest BCUT2D eigenvalue weighted by Crippen LogP contribution is -2.21. The lowest BCUT2D eigenvalue weighted by molar-refractivity contribution is 0.0695. The molecule has 2 aromatic heterocycles. The van der Waals surface area contributed by atoms with Crippen LogP contribution in [0, 0.1) is 5.82 Å². The van der Waals surface area contributed by atoms with Gasteiger partial charge in [-0.05, 0) is 37.0 Å². The highest BCUT2D eigenvalue weighted by Gasteiger charge is 2.24. The number of aromatic carboxylic acids is 1. The maximum atomic E-state index is 14.9. The summed E-state index contributed by atoms with van der Waals surface area (Å²) in [6, 6.07) is 4.75. The highest BCUT2D eigenvalue weighted by molar-refractivity contribution is 6.38. The second kappa shape index (κ2) is 8.07. The van der Waals surface area contributed by atoms with E-state index in [1.807, 2.05) is 13.0 Å². The third-order valence-electron chi connectivity index (χ3n) is 5.58. The van der Waals surface area contributed by atoms with Gasteiger partial charge in [-0.1, -0.05) is 37.4 Å². The molecule has 0 spiro atoms. The molecule has 1 aliphatic rings. The topological polar surface area (TPSA) is 84.2 Å². The van der Waals surface area contributed by atoms with Gasteiger partial charge in [0.15, 0.2) is 0 Å². The number of carboxylic acids is 1. The van der Waals surface area contributed by atoms with Crippen molar-refractivity contribution in [3.05, 3.63) is 62.8 Å². The molecule has 2 heterocycles. The third kappa shape index (κ3) is 3.54. The number of benzene rings is 1. The second-order valence-corrected chi connectivity index (χ2v) is 7.87. The Morgan fingerprint density at radius 1 is 1.37 bits per heavy atom. The first kappa shape index (κ1) is 20.3. The van der Waals surface area contributed by atoms with Gasteiger partial charge in [-0.3, -0.25) is 9.36 Å². The van der Waals surface area contributed by atoms with E-state index < -0.39 is 22.8 Å². The van der Waals surface area contributed by atoms with Crippen LogP contribution in [-0.2, 0) is 6.42 Å². The third-order valence-corrected chi connectivity index (χ3v) is 5.95. The van der Waals surface area contributed by atoms with Gasteiger partial charge in [0.2, 0.25) is 5.43 Å². The first-order valence-corrected chi connectivity index (χ1v) is 10.3. The molecular weight excluding hydrogens is 409 g/mol. The zero-order valence-corrected chi connectivity index (χ0v) is 17.2. The standard InChI is InChI=1S/C22H21ClFN3O3/c1-2-12-7-8-17(25-10-12)27-11-15(22(29)30)21(28)14-9-16(24)19(18(23)20(14)27)26-13-5-3-4-6-13/h7-11,13,26H,2-6H2,1H3,(H,29,30). The molecule has 1 aromatic carbocycles. The minimum atomic E-state index is -1.40. The normalized spacial score (nSPS) is 14.4. The number of nitrogens with zero attached hydrogens (tertiary/aromatic N) is 2. The maximum Gasteiger partial charge on any atom is 0.341 e. The van der Waals surface area contributed by atoms with Crippen LogP contribution in [0.15, 0.2) is 35.4 Å². The average molecular weight is 430 g/mol. The number of halogens is 2. The minimum Gasteiger partial charge on any atom is -0.477 e. The molecule has 0 unspecified atom stereocenters. The number of carboxylic acid groups (broad SMARTS) is 1. The molecular formula is C22H21ClFN3O3. The Kier molecular flexibility index (Phi) is 5.47. The number of hydrogen-bond acceptors (Lipinski definition) is 4. The number of pyridine rings is 2. The van der Waals surface area contributed by atoms with Crippen LogP contribution in [0.3, 0.4) is 0 Å². The van der Waals surface area contributed by atoms with Gasteiger partial charge in [0.1, 0.15) is 17.2 Å². The van der Waals surface area contributed by atoms with Crippen molar-refractivity contribution in [3.63, 3.8) is 0 Å². The quantitative estimate of drug-likeness (QED) is 0.609. The van der Waals surface area contributed by atoms with E-state index in [9.17, 15) is 19.1 Å². The van der Waals surface area contributed by atoms with Crippen LogP contribution in [0.5, 0.6) is 0 Å². The molecule has 0 saturated heterocycles. The van der Waals surface area contributed by atoms with E-state index in [0.717, 1.165) is 43.7 Å². The first-order chi connectivity index (χ1) is 14.4. The van der Waals surface area contributed by atoms with Gasteiger partial charge in [-0.25, -0.2) is 14.2 Å². The summed E-state index contributed by atoms with van der Waals surface area (Å²) in [5, 5.41) is 12.6. The molecule has 1 saturated carbocycles. The number of fused-ring (bicyclic) bond motifs is 1. The number of carbonyl (C=O) groups is 1. The fourth-order valence-electron chi connectivity index (χ4n) is 3.92. The highest BCUT2D eigenvalue weighted by atomic mass is 35.5. The molecule has 1 fully saturated rings. The molecule has 0 radical (unpaired) electrons. The summed E-state index contributed by atoms with van der Waals surface area (Å²) >= 11 is 6.61. The number of aromatic nitrogens is 2. The summed E-state index contributed by atoms with van der Waals surface area (Å²) in [6.45, 7) is 1.99. The van der Waals surface area contributed by atoms with Crippen LogP contribution in [0.25, 0.3) is 16.7 Å². The fraction of sp³-hybridized carbons (Fsp3) is 0.318. The fourth-order valence-corrected chi connectivity index (χ4v) is 4.26. The summed E-state index contributed by atoms with van der Waals surface area (Å²) in [5.74, 6) is -1.69. The Labute approximate surface area is 177 Å². The van der Waals surface area contributed by atoms with Crippen molar-refractivity contribution < 1.29 is 14.3 Å². The van der Waals surface area contributed by atoms with Gasteiger partial charge in [0.05, 0.1) is 21.6 Å². The number of nitrogens with one attached hydrogen (secondary N) is 1. The Morgan fingerprint density at radius 3 is 2.70 bits per heavy atom. The summed E-state index contributed by atoms with van der Waals surface area (Å²) < 4.78 is 16.4. The van der Waals surface area contributed by atoms with Crippen molar-refractivity contribution in [1.82, 2.24) is 9.55 Å². The van der Waals surface area contributed by atoms with Gasteiger partial charge < -0.3 is 10.4 Å². The number of hydrogen-bond donors (Lipinski definition) is 2. The van der Waals surface area contributed by atoms with E-state index in [-0.39, 0.29) is 27.7 Å². The number of rotatable bonds is 5. The van der Waals surface area contributed by atoms with Crippen LogP contribution in [0.1, 0.15) is 48.5 Å². The van der Waals surface area contributed by atoms with Gasteiger partial charge >= 0.3 is 5.97 Å². The second-order valence-electron chi connectivity index (χ2n) is 7.49. The predicted molar refractivity (Wildman–Crippen MR) is 115 cm³/mol. The molecule has 2 N–H and O–H groups in total.